The van der Waals surface area contributed by atoms with Crippen LogP contribution in [0.2, 0.25) is 0 Å². The zero-order valence-electron chi connectivity index (χ0n) is 15.7. The number of rotatable bonds is 14. The van der Waals surface area contributed by atoms with Crippen molar-refractivity contribution in [3.63, 3.8) is 0 Å². The second-order valence-corrected chi connectivity index (χ2v) is 7.38. The highest BCUT2D eigenvalue weighted by Gasteiger charge is 2.13. The Morgan fingerprint density at radius 3 is 1.74 bits per heavy atom. The summed E-state index contributed by atoms with van der Waals surface area (Å²) in [5.41, 5.74) is 0.314. The maximum absolute atomic E-state index is 10.8. The van der Waals surface area contributed by atoms with E-state index in [1.165, 1.54) is 44.9 Å². The molecule has 0 aliphatic carbocycles. The molecule has 0 aromatic heterocycles. The minimum absolute atomic E-state index is 0.0907. The Labute approximate surface area is 143 Å². The monoisotopic (exact) mass is 326 g/mol. The van der Waals surface area contributed by atoms with Gasteiger partial charge in [-0.05, 0) is 19.3 Å². The van der Waals surface area contributed by atoms with Crippen molar-refractivity contribution < 1.29 is 15.0 Å². The standard InChI is InChI=1S/C20H38O3/c1-16(2)13-11-9-7-5-6-8-10-12-14-19(21)17(3)15-18(4)20(22)23/h15-17,19,21H,5-14H2,1-4H3,(H,22,23)/b18-15+/t17-,19+/m0/s1. The van der Waals surface area contributed by atoms with Crippen molar-refractivity contribution >= 4 is 5.97 Å². The number of aliphatic hydroxyl groups excluding tert-OH is 1. The van der Waals surface area contributed by atoms with Crippen LogP contribution in [0.5, 0.6) is 0 Å². The number of hydrogen-bond donors (Lipinski definition) is 2. The third-order valence-electron chi connectivity index (χ3n) is 4.49. The molecule has 0 fully saturated rings. The number of unbranched alkanes of at least 4 members (excludes halogenated alkanes) is 7. The van der Waals surface area contributed by atoms with Gasteiger partial charge < -0.3 is 10.2 Å². The molecule has 2 atom stereocenters. The zero-order valence-corrected chi connectivity index (χ0v) is 15.7. The van der Waals surface area contributed by atoms with Gasteiger partial charge in [0.15, 0.2) is 0 Å². The van der Waals surface area contributed by atoms with Crippen molar-refractivity contribution in [1.29, 1.82) is 0 Å². The van der Waals surface area contributed by atoms with E-state index in [0.29, 0.717) is 5.57 Å². The van der Waals surface area contributed by atoms with Gasteiger partial charge in [-0.15, -0.1) is 0 Å². The molecule has 2 N–H and O–H groups in total. The van der Waals surface area contributed by atoms with E-state index in [9.17, 15) is 9.90 Å². The molecule has 0 bridgehead atoms. The molecule has 0 saturated carbocycles. The third kappa shape index (κ3) is 13.3. The van der Waals surface area contributed by atoms with Crippen molar-refractivity contribution in [2.75, 3.05) is 0 Å². The van der Waals surface area contributed by atoms with Gasteiger partial charge in [-0.2, -0.15) is 0 Å². The highest BCUT2D eigenvalue weighted by molar-refractivity contribution is 5.85. The molecule has 23 heavy (non-hydrogen) atoms. The lowest BCUT2D eigenvalue weighted by Crippen LogP contribution is -2.16. The summed E-state index contributed by atoms with van der Waals surface area (Å²) in [4.78, 5) is 10.8. The Hall–Kier alpha value is -0.830. The zero-order chi connectivity index (χ0) is 17.7. The van der Waals surface area contributed by atoms with E-state index in [1.54, 1.807) is 13.0 Å². The first-order valence-corrected chi connectivity index (χ1v) is 9.44. The van der Waals surface area contributed by atoms with E-state index in [2.05, 4.69) is 13.8 Å². The molecule has 0 rings (SSSR count). The van der Waals surface area contributed by atoms with Gasteiger partial charge in [-0.25, -0.2) is 4.79 Å². The molecule has 0 amide bonds. The first kappa shape index (κ1) is 22.2. The molecule has 136 valence electrons. The number of carboxylic acids is 1. The number of hydrogen-bond acceptors (Lipinski definition) is 2. The van der Waals surface area contributed by atoms with Gasteiger partial charge in [0.2, 0.25) is 0 Å². The highest BCUT2D eigenvalue weighted by atomic mass is 16.4. The SMILES string of the molecule is C/C(=C\[C@H](C)[C@H](O)CCCCCCCCCCC(C)C)C(=O)O. The summed E-state index contributed by atoms with van der Waals surface area (Å²) < 4.78 is 0. The molecule has 0 saturated heterocycles. The van der Waals surface area contributed by atoms with Gasteiger partial charge in [-0.3, -0.25) is 0 Å². The van der Waals surface area contributed by atoms with Crippen LogP contribution in [-0.4, -0.2) is 22.3 Å². The van der Waals surface area contributed by atoms with Crippen LogP contribution in [0.1, 0.15) is 91.9 Å². The van der Waals surface area contributed by atoms with Crippen LogP contribution >= 0.6 is 0 Å². The largest absolute Gasteiger partial charge is 0.478 e. The summed E-state index contributed by atoms with van der Waals surface area (Å²) in [6.07, 6.45) is 13.5. The summed E-state index contributed by atoms with van der Waals surface area (Å²) >= 11 is 0. The molecule has 0 spiro atoms. The lowest BCUT2D eigenvalue weighted by Gasteiger charge is -2.15. The summed E-state index contributed by atoms with van der Waals surface area (Å²) in [5, 5.41) is 18.9. The summed E-state index contributed by atoms with van der Waals surface area (Å²) in [6, 6.07) is 0. The number of aliphatic hydroxyl groups is 1. The number of carboxylic acid groups (broad SMARTS) is 1. The highest BCUT2D eigenvalue weighted by Crippen LogP contribution is 2.17. The second kappa shape index (κ2) is 13.6. The van der Waals surface area contributed by atoms with Gasteiger partial charge in [0, 0.05) is 11.5 Å². The van der Waals surface area contributed by atoms with Crippen LogP contribution in [0.25, 0.3) is 0 Å². The van der Waals surface area contributed by atoms with Gasteiger partial charge in [0.1, 0.15) is 0 Å². The Balaban J connectivity index is 3.54. The third-order valence-corrected chi connectivity index (χ3v) is 4.49. The van der Waals surface area contributed by atoms with E-state index in [1.807, 2.05) is 6.92 Å². The molecule has 0 aromatic rings. The number of aliphatic carboxylic acids is 1. The summed E-state index contributed by atoms with van der Waals surface area (Å²) in [6.45, 7) is 8.03. The average Bonchev–Trinajstić information content (AvgIpc) is 2.48. The van der Waals surface area contributed by atoms with Crippen LogP contribution in [0, 0.1) is 11.8 Å². The maximum Gasteiger partial charge on any atom is 0.330 e. The second-order valence-electron chi connectivity index (χ2n) is 7.38. The first-order chi connectivity index (χ1) is 10.8. The van der Waals surface area contributed by atoms with Crippen LogP contribution < -0.4 is 0 Å². The number of carbonyl (C=O) groups is 1. The van der Waals surface area contributed by atoms with Gasteiger partial charge >= 0.3 is 5.97 Å². The molecule has 0 aliphatic rings. The predicted octanol–water partition coefficient (Wildman–Crippen LogP) is 5.57. The molecular formula is C20H38O3. The fourth-order valence-corrected chi connectivity index (χ4v) is 2.81. The van der Waals surface area contributed by atoms with E-state index in [0.717, 1.165) is 25.2 Å². The quantitative estimate of drug-likeness (QED) is 0.324. The summed E-state index contributed by atoms with van der Waals surface area (Å²) in [5.74, 6) is -0.164. The van der Waals surface area contributed by atoms with Gasteiger partial charge in [0.25, 0.3) is 0 Å². The molecular weight excluding hydrogens is 288 g/mol. The van der Waals surface area contributed by atoms with Crippen LogP contribution in [0.3, 0.4) is 0 Å². The Bertz CT molecular complexity index is 334. The van der Waals surface area contributed by atoms with Crippen LogP contribution in [-0.2, 0) is 4.79 Å². The Morgan fingerprint density at radius 2 is 1.30 bits per heavy atom. The molecule has 0 radical (unpaired) electrons. The first-order valence-electron chi connectivity index (χ1n) is 9.44. The van der Waals surface area contributed by atoms with E-state index in [4.69, 9.17) is 5.11 Å². The molecule has 3 heteroatoms. The topological polar surface area (TPSA) is 57.5 Å². The molecule has 0 aliphatic heterocycles. The van der Waals surface area contributed by atoms with Crippen molar-refractivity contribution in [2.24, 2.45) is 11.8 Å². The van der Waals surface area contributed by atoms with Crippen LogP contribution in [0.15, 0.2) is 11.6 Å². The normalized spacial score (nSPS) is 15.0. The molecule has 0 heterocycles. The van der Waals surface area contributed by atoms with Crippen molar-refractivity contribution in [3.8, 4) is 0 Å². The smallest absolute Gasteiger partial charge is 0.330 e. The van der Waals surface area contributed by atoms with Crippen molar-refractivity contribution in [1.82, 2.24) is 0 Å². The minimum Gasteiger partial charge on any atom is -0.478 e. The molecule has 0 unspecified atom stereocenters. The average molecular weight is 327 g/mol. The van der Waals surface area contributed by atoms with E-state index >= 15 is 0 Å². The lowest BCUT2D eigenvalue weighted by atomic mass is 9.96. The van der Waals surface area contributed by atoms with Gasteiger partial charge in [-0.1, -0.05) is 84.6 Å². The minimum atomic E-state index is -0.905. The maximum atomic E-state index is 10.8. The fourth-order valence-electron chi connectivity index (χ4n) is 2.81. The molecule has 0 aromatic carbocycles. The van der Waals surface area contributed by atoms with Crippen molar-refractivity contribution in [2.45, 2.75) is 98.0 Å². The Kier molecular flexibility index (Phi) is 13.1. The Morgan fingerprint density at radius 1 is 0.870 bits per heavy atom. The van der Waals surface area contributed by atoms with E-state index < -0.39 is 12.1 Å². The summed E-state index contributed by atoms with van der Waals surface area (Å²) in [7, 11) is 0. The van der Waals surface area contributed by atoms with E-state index in [-0.39, 0.29) is 5.92 Å². The molecule has 3 nitrogen and oxygen atoms in total. The predicted molar refractivity (Wildman–Crippen MR) is 97.6 cm³/mol. The lowest BCUT2D eigenvalue weighted by molar-refractivity contribution is -0.132. The van der Waals surface area contributed by atoms with Crippen molar-refractivity contribution in [3.05, 3.63) is 11.6 Å². The fraction of sp³-hybridized carbons (Fsp3) is 0.850. The van der Waals surface area contributed by atoms with Crippen LogP contribution in [0.4, 0.5) is 0 Å². The van der Waals surface area contributed by atoms with Gasteiger partial charge in [0.05, 0.1) is 6.10 Å².